The molecule has 2 N–H and O–H groups in total. The highest BCUT2D eigenvalue weighted by atomic mass is 32.1. The summed E-state index contributed by atoms with van der Waals surface area (Å²) in [7, 11) is 0. The van der Waals surface area contributed by atoms with Gasteiger partial charge in [-0.05, 0) is 23.6 Å². The summed E-state index contributed by atoms with van der Waals surface area (Å²) < 4.78 is 0. The Morgan fingerprint density at radius 1 is 1.15 bits per heavy atom. The van der Waals surface area contributed by atoms with Crippen molar-refractivity contribution in [3.05, 3.63) is 46.7 Å². The van der Waals surface area contributed by atoms with Crippen LogP contribution in [-0.2, 0) is 0 Å². The SMILES string of the molecule is O=C(Nc1ccccc1N1CCNCC1)c1cccs1. The van der Waals surface area contributed by atoms with Crippen LogP contribution in [0.5, 0.6) is 0 Å². The molecule has 2 heterocycles. The molecule has 1 aromatic carbocycles. The molecule has 1 fully saturated rings. The summed E-state index contributed by atoms with van der Waals surface area (Å²) >= 11 is 1.46. The van der Waals surface area contributed by atoms with Gasteiger partial charge in [-0.25, -0.2) is 0 Å². The number of nitrogens with one attached hydrogen (secondary N) is 2. The van der Waals surface area contributed by atoms with Crippen molar-refractivity contribution in [1.29, 1.82) is 0 Å². The van der Waals surface area contributed by atoms with E-state index in [9.17, 15) is 4.79 Å². The molecule has 1 aliphatic rings. The molecule has 4 nitrogen and oxygen atoms in total. The molecule has 0 bridgehead atoms. The molecule has 1 aromatic heterocycles. The molecule has 0 aliphatic carbocycles. The van der Waals surface area contributed by atoms with E-state index in [1.165, 1.54) is 11.3 Å². The molecule has 1 aliphatic heterocycles. The smallest absolute Gasteiger partial charge is 0.265 e. The topological polar surface area (TPSA) is 44.4 Å². The van der Waals surface area contributed by atoms with Crippen molar-refractivity contribution in [2.24, 2.45) is 0 Å². The molecule has 0 unspecified atom stereocenters. The van der Waals surface area contributed by atoms with Crippen molar-refractivity contribution in [2.75, 3.05) is 36.4 Å². The van der Waals surface area contributed by atoms with Gasteiger partial charge >= 0.3 is 0 Å². The van der Waals surface area contributed by atoms with Crippen LogP contribution in [0.1, 0.15) is 9.67 Å². The lowest BCUT2D eigenvalue weighted by molar-refractivity contribution is 0.103. The number of hydrogen-bond acceptors (Lipinski definition) is 4. The largest absolute Gasteiger partial charge is 0.367 e. The average molecular weight is 287 g/mol. The molecule has 0 saturated carbocycles. The van der Waals surface area contributed by atoms with Crippen LogP contribution in [-0.4, -0.2) is 32.1 Å². The number of para-hydroxylation sites is 2. The van der Waals surface area contributed by atoms with Crippen molar-refractivity contribution in [3.8, 4) is 0 Å². The first-order valence-corrected chi connectivity index (χ1v) is 7.62. The van der Waals surface area contributed by atoms with E-state index < -0.39 is 0 Å². The van der Waals surface area contributed by atoms with E-state index >= 15 is 0 Å². The van der Waals surface area contributed by atoms with Gasteiger partial charge in [-0.3, -0.25) is 4.79 Å². The maximum absolute atomic E-state index is 12.2. The van der Waals surface area contributed by atoms with Crippen LogP contribution in [0.25, 0.3) is 0 Å². The van der Waals surface area contributed by atoms with Gasteiger partial charge in [0, 0.05) is 26.2 Å². The number of rotatable bonds is 3. The zero-order valence-corrected chi connectivity index (χ0v) is 12.0. The van der Waals surface area contributed by atoms with Crippen LogP contribution >= 0.6 is 11.3 Å². The second kappa shape index (κ2) is 6.07. The highest BCUT2D eigenvalue weighted by Gasteiger charge is 2.15. The van der Waals surface area contributed by atoms with Gasteiger partial charge in [0.2, 0.25) is 0 Å². The third-order valence-corrected chi connectivity index (χ3v) is 4.22. The third kappa shape index (κ3) is 2.84. The van der Waals surface area contributed by atoms with Crippen molar-refractivity contribution < 1.29 is 4.79 Å². The Hall–Kier alpha value is -1.85. The van der Waals surface area contributed by atoms with Crippen LogP contribution in [0.2, 0.25) is 0 Å². The number of nitrogens with zero attached hydrogens (tertiary/aromatic N) is 1. The van der Waals surface area contributed by atoms with Crippen molar-refractivity contribution in [2.45, 2.75) is 0 Å². The fourth-order valence-electron chi connectivity index (χ4n) is 2.35. The lowest BCUT2D eigenvalue weighted by Crippen LogP contribution is -2.43. The summed E-state index contributed by atoms with van der Waals surface area (Å²) in [6, 6.07) is 11.7. The predicted molar refractivity (Wildman–Crippen MR) is 83.8 cm³/mol. The molecule has 5 heteroatoms. The van der Waals surface area contributed by atoms with Crippen LogP contribution in [0.15, 0.2) is 41.8 Å². The monoisotopic (exact) mass is 287 g/mol. The van der Waals surface area contributed by atoms with Gasteiger partial charge in [0.25, 0.3) is 5.91 Å². The maximum Gasteiger partial charge on any atom is 0.265 e. The molecule has 20 heavy (non-hydrogen) atoms. The van der Waals surface area contributed by atoms with Crippen LogP contribution in [0.3, 0.4) is 0 Å². The third-order valence-electron chi connectivity index (χ3n) is 3.35. The summed E-state index contributed by atoms with van der Waals surface area (Å²) in [4.78, 5) is 15.2. The second-order valence-electron chi connectivity index (χ2n) is 4.69. The van der Waals surface area contributed by atoms with E-state index in [1.54, 1.807) is 0 Å². The summed E-state index contributed by atoms with van der Waals surface area (Å²) in [6.45, 7) is 3.89. The van der Waals surface area contributed by atoms with E-state index in [2.05, 4.69) is 21.6 Å². The molecule has 0 radical (unpaired) electrons. The minimum absolute atomic E-state index is 0.0393. The number of carbonyl (C=O) groups is 1. The van der Waals surface area contributed by atoms with Crippen LogP contribution < -0.4 is 15.5 Å². The van der Waals surface area contributed by atoms with E-state index in [0.29, 0.717) is 0 Å². The molecule has 3 rings (SSSR count). The highest BCUT2D eigenvalue weighted by molar-refractivity contribution is 7.12. The lowest BCUT2D eigenvalue weighted by atomic mass is 10.2. The number of carbonyl (C=O) groups excluding carboxylic acids is 1. The Bertz CT molecular complexity index is 577. The fraction of sp³-hybridized carbons (Fsp3) is 0.267. The molecule has 2 aromatic rings. The minimum atomic E-state index is -0.0393. The zero-order chi connectivity index (χ0) is 13.8. The van der Waals surface area contributed by atoms with Crippen molar-refractivity contribution in [1.82, 2.24) is 5.32 Å². The molecule has 0 atom stereocenters. The molecule has 1 saturated heterocycles. The van der Waals surface area contributed by atoms with Gasteiger partial charge in [-0.1, -0.05) is 18.2 Å². The van der Waals surface area contributed by atoms with Crippen molar-refractivity contribution in [3.63, 3.8) is 0 Å². The minimum Gasteiger partial charge on any atom is -0.367 e. The van der Waals surface area contributed by atoms with E-state index in [1.807, 2.05) is 35.7 Å². The maximum atomic E-state index is 12.2. The zero-order valence-electron chi connectivity index (χ0n) is 11.1. The molecule has 104 valence electrons. The van der Waals surface area contributed by atoms with Gasteiger partial charge < -0.3 is 15.5 Å². The standard InChI is InChI=1S/C15H17N3OS/c19-15(14-6-3-11-20-14)17-12-4-1-2-5-13(12)18-9-7-16-8-10-18/h1-6,11,16H,7-10H2,(H,17,19). The summed E-state index contributed by atoms with van der Waals surface area (Å²) in [5.41, 5.74) is 1.98. The average Bonchev–Trinajstić information content (AvgIpc) is 3.03. The number of piperazine rings is 1. The first kappa shape index (κ1) is 13.1. The van der Waals surface area contributed by atoms with E-state index in [0.717, 1.165) is 42.4 Å². The Morgan fingerprint density at radius 3 is 2.70 bits per heavy atom. The number of benzene rings is 1. The van der Waals surface area contributed by atoms with Gasteiger partial charge in [0.15, 0.2) is 0 Å². The summed E-state index contributed by atoms with van der Waals surface area (Å²) in [6.07, 6.45) is 0. The Kier molecular flexibility index (Phi) is 3.99. The number of thiophene rings is 1. The Labute approximate surface area is 122 Å². The molecular weight excluding hydrogens is 270 g/mol. The van der Waals surface area contributed by atoms with Crippen molar-refractivity contribution >= 4 is 28.6 Å². The van der Waals surface area contributed by atoms with Gasteiger partial charge in [0.1, 0.15) is 0 Å². The first-order valence-electron chi connectivity index (χ1n) is 6.74. The Balaban J connectivity index is 1.80. The number of amides is 1. The van der Waals surface area contributed by atoms with Gasteiger partial charge in [-0.15, -0.1) is 11.3 Å². The van der Waals surface area contributed by atoms with Gasteiger partial charge in [0.05, 0.1) is 16.3 Å². The molecular formula is C15H17N3OS. The van der Waals surface area contributed by atoms with Crippen LogP contribution in [0.4, 0.5) is 11.4 Å². The number of hydrogen-bond donors (Lipinski definition) is 2. The predicted octanol–water partition coefficient (Wildman–Crippen LogP) is 2.41. The van der Waals surface area contributed by atoms with E-state index in [-0.39, 0.29) is 5.91 Å². The molecule has 0 spiro atoms. The normalized spacial score (nSPS) is 15.1. The molecule has 1 amide bonds. The van der Waals surface area contributed by atoms with E-state index in [4.69, 9.17) is 0 Å². The van der Waals surface area contributed by atoms with Gasteiger partial charge in [-0.2, -0.15) is 0 Å². The summed E-state index contributed by atoms with van der Waals surface area (Å²) in [5.74, 6) is -0.0393. The van der Waals surface area contributed by atoms with Crippen LogP contribution in [0, 0.1) is 0 Å². The summed E-state index contributed by atoms with van der Waals surface area (Å²) in [5, 5.41) is 8.27. The Morgan fingerprint density at radius 2 is 1.95 bits per heavy atom. The first-order chi connectivity index (χ1) is 9.84. The quantitative estimate of drug-likeness (QED) is 0.911. The number of anilines is 2. The highest BCUT2D eigenvalue weighted by Crippen LogP contribution is 2.26. The lowest BCUT2D eigenvalue weighted by Gasteiger charge is -2.31. The second-order valence-corrected chi connectivity index (χ2v) is 5.63. The fourth-order valence-corrected chi connectivity index (χ4v) is 2.97.